The molecule has 1 aromatic rings. The van der Waals surface area contributed by atoms with Gasteiger partial charge in [0.05, 0.1) is 12.8 Å². The third kappa shape index (κ3) is 1.55. The Bertz CT molecular complexity index is 332. The summed E-state index contributed by atoms with van der Waals surface area (Å²) in [6.07, 6.45) is 0. The summed E-state index contributed by atoms with van der Waals surface area (Å²) in [6.45, 7) is 3.95. The van der Waals surface area contributed by atoms with Crippen LogP contribution in [-0.2, 0) is 0 Å². The average Bonchev–Trinajstić information content (AvgIpc) is 2.13. The molecule has 1 saturated heterocycles. The molecule has 1 aliphatic rings. The lowest BCUT2D eigenvalue weighted by molar-refractivity contribution is 0.409. The van der Waals surface area contributed by atoms with Crippen LogP contribution in [0, 0.1) is 6.92 Å². The Labute approximate surface area is 84.5 Å². The van der Waals surface area contributed by atoms with Crippen LogP contribution in [0.25, 0.3) is 0 Å². The Hall–Kier alpha value is -1.22. The molecule has 0 atom stereocenters. The van der Waals surface area contributed by atoms with E-state index in [1.165, 1.54) is 5.56 Å². The summed E-state index contributed by atoms with van der Waals surface area (Å²) in [6, 6.07) is 6.53. The predicted octanol–water partition coefficient (Wildman–Crippen LogP) is 1.15. The lowest BCUT2D eigenvalue weighted by atomic mass is 10.1. The van der Waals surface area contributed by atoms with E-state index in [0.29, 0.717) is 6.04 Å². The second kappa shape index (κ2) is 3.50. The number of hydrogen-bond donors (Lipinski definition) is 1. The lowest BCUT2D eigenvalue weighted by Crippen LogP contribution is -2.55. The molecule has 1 aliphatic heterocycles. The van der Waals surface area contributed by atoms with Crippen LogP contribution in [0.15, 0.2) is 18.2 Å². The highest BCUT2D eigenvalue weighted by Gasteiger charge is 2.25. The zero-order valence-corrected chi connectivity index (χ0v) is 8.66. The minimum absolute atomic E-state index is 0.320. The van der Waals surface area contributed by atoms with Crippen molar-refractivity contribution in [3.05, 3.63) is 23.8 Å². The maximum Gasteiger partial charge on any atom is 0.142 e. The van der Waals surface area contributed by atoms with E-state index < -0.39 is 0 Å². The number of methoxy groups -OCH3 is 1. The van der Waals surface area contributed by atoms with Crippen molar-refractivity contribution in [2.45, 2.75) is 13.0 Å². The van der Waals surface area contributed by atoms with Gasteiger partial charge in [0.15, 0.2) is 0 Å². The number of anilines is 1. The van der Waals surface area contributed by atoms with Crippen molar-refractivity contribution in [1.82, 2.24) is 0 Å². The highest BCUT2D eigenvalue weighted by molar-refractivity contribution is 5.61. The van der Waals surface area contributed by atoms with Gasteiger partial charge < -0.3 is 15.4 Å². The number of rotatable bonds is 2. The smallest absolute Gasteiger partial charge is 0.142 e. The van der Waals surface area contributed by atoms with E-state index in [0.717, 1.165) is 24.5 Å². The lowest BCUT2D eigenvalue weighted by Gasteiger charge is -2.39. The maximum absolute atomic E-state index is 5.75. The first-order valence-corrected chi connectivity index (χ1v) is 4.86. The fourth-order valence-electron chi connectivity index (χ4n) is 1.76. The van der Waals surface area contributed by atoms with Gasteiger partial charge in [-0.05, 0) is 24.6 Å². The number of hydrogen-bond acceptors (Lipinski definition) is 3. The molecule has 0 bridgehead atoms. The Morgan fingerprint density at radius 2 is 2.14 bits per heavy atom. The quantitative estimate of drug-likeness (QED) is 0.764. The standard InChI is InChI=1S/C11H16N2O/c1-8-3-4-11(14-2)10(5-8)13-6-9(12)7-13/h3-5,9H,6-7,12H2,1-2H3. The summed E-state index contributed by atoms with van der Waals surface area (Å²) in [5.41, 5.74) is 8.17. The van der Waals surface area contributed by atoms with Gasteiger partial charge in [0.1, 0.15) is 5.75 Å². The molecule has 0 aliphatic carbocycles. The predicted molar refractivity (Wildman–Crippen MR) is 57.9 cm³/mol. The molecule has 14 heavy (non-hydrogen) atoms. The molecule has 0 saturated carbocycles. The highest BCUT2D eigenvalue weighted by Crippen LogP contribution is 2.31. The fraction of sp³-hybridized carbons (Fsp3) is 0.455. The average molecular weight is 192 g/mol. The van der Waals surface area contributed by atoms with Crippen LogP contribution in [0.1, 0.15) is 5.56 Å². The summed E-state index contributed by atoms with van der Waals surface area (Å²) in [5.74, 6) is 0.933. The number of ether oxygens (including phenoxy) is 1. The van der Waals surface area contributed by atoms with Gasteiger partial charge in [-0.15, -0.1) is 0 Å². The van der Waals surface area contributed by atoms with E-state index in [1.807, 2.05) is 6.07 Å². The molecule has 2 N–H and O–H groups in total. The van der Waals surface area contributed by atoms with E-state index in [4.69, 9.17) is 10.5 Å². The number of nitrogens with two attached hydrogens (primary N) is 1. The topological polar surface area (TPSA) is 38.5 Å². The van der Waals surface area contributed by atoms with Crippen LogP contribution in [0.3, 0.4) is 0 Å². The molecule has 0 spiro atoms. The third-order valence-corrected chi connectivity index (χ3v) is 2.58. The molecule has 2 rings (SSSR count). The summed E-state index contributed by atoms with van der Waals surface area (Å²) in [5, 5.41) is 0. The van der Waals surface area contributed by atoms with Crippen LogP contribution in [0.2, 0.25) is 0 Å². The van der Waals surface area contributed by atoms with Crippen molar-refractivity contribution in [2.75, 3.05) is 25.1 Å². The zero-order valence-electron chi connectivity index (χ0n) is 8.66. The van der Waals surface area contributed by atoms with E-state index in [-0.39, 0.29) is 0 Å². The van der Waals surface area contributed by atoms with Crippen molar-refractivity contribution in [3.8, 4) is 5.75 Å². The number of benzene rings is 1. The minimum atomic E-state index is 0.320. The van der Waals surface area contributed by atoms with E-state index in [1.54, 1.807) is 7.11 Å². The largest absolute Gasteiger partial charge is 0.495 e. The first-order valence-electron chi connectivity index (χ1n) is 4.86. The van der Waals surface area contributed by atoms with Gasteiger partial charge in [0.25, 0.3) is 0 Å². The van der Waals surface area contributed by atoms with Crippen LogP contribution >= 0.6 is 0 Å². The van der Waals surface area contributed by atoms with E-state index in [9.17, 15) is 0 Å². The summed E-state index contributed by atoms with van der Waals surface area (Å²) < 4.78 is 5.31. The van der Waals surface area contributed by atoms with Gasteiger partial charge in [0, 0.05) is 19.1 Å². The summed E-state index contributed by atoms with van der Waals surface area (Å²) >= 11 is 0. The van der Waals surface area contributed by atoms with Crippen LogP contribution in [-0.4, -0.2) is 26.2 Å². The Balaban J connectivity index is 2.26. The maximum atomic E-state index is 5.75. The first-order chi connectivity index (χ1) is 6.70. The monoisotopic (exact) mass is 192 g/mol. The van der Waals surface area contributed by atoms with Gasteiger partial charge in [0.2, 0.25) is 0 Å². The van der Waals surface area contributed by atoms with E-state index in [2.05, 4.69) is 24.0 Å². The van der Waals surface area contributed by atoms with Gasteiger partial charge in [-0.2, -0.15) is 0 Å². The molecular formula is C11H16N2O. The van der Waals surface area contributed by atoms with E-state index >= 15 is 0 Å². The van der Waals surface area contributed by atoms with Crippen molar-refractivity contribution in [2.24, 2.45) is 5.73 Å². The van der Waals surface area contributed by atoms with Gasteiger partial charge >= 0.3 is 0 Å². The molecule has 0 unspecified atom stereocenters. The Morgan fingerprint density at radius 3 is 2.71 bits per heavy atom. The van der Waals surface area contributed by atoms with Gasteiger partial charge in [-0.3, -0.25) is 0 Å². The van der Waals surface area contributed by atoms with Gasteiger partial charge in [-0.1, -0.05) is 6.07 Å². The van der Waals surface area contributed by atoms with Crippen molar-refractivity contribution in [3.63, 3.8) is 0 Å². The van der Waals surface area contributed by atoms with Crippen molar-refractivity contribution in [1.29, 1.82) is 0 Å². The van der Waals surface area contributed by atoms with Crippen molar-refractivity contribution < 1.29 is 4.74 Å². The summed E-state index contributed by atoms with van der Waals surface area (Å²) in [4.78, 5) is 2.25. The van der Waals surface area contributed by atoms with Gasteiger partial charge in [-0.25, -0.2) is 0 Å². The molecule has 76 valence electrons. The van der Waals surface area contributed by atoms with Crippen LogP contribution in [0.5, 0.6) is 5.75 Å². The Morgan fingerprint density at radius 1 is 1.43 bits per heavy atom. The second-order valence-electron chi connectivity index (χ2n) is 3.84. The first kappa shape index (κ1) is 9.34. The molecule has 3 heteroatoms. The normalized spacial score (nSPS) is 16.6. The summed E-state index contributed by atoms with van der Waals surface area (Å²) in [7, 11) is 1.70. The van der Waals surface area contributed by atoms with Crippen LogP contribution < -0.4 is 15.4 Å². The molecule has 3 nitrogen and oxygen atoms in total. The SMILES string of the molecule is COc1ccc(C)cc1N1CC(N)C1. The number of nitrogens with zero attached hydrogens (tertiary/aromatic N) is 1. The molecule has 1 aromatic carbocycles. The molecular weight excluding hydrogens is 176 g/mol. The molecule has 0 aromatic heterocycles. The third-order valence-electron chi connectivity index (χ3n) is 2.58. The molecule has 0 amide bonds. The molecule has 1 heterocycles. The number of aryl methyl sites for hydroxylation is 1. The second-order valence-corrected chi connectivity index (χ2v) is 3.84. The highest BCUT2D eigenvalue weighted by atomic mass is 16.5. The molecule has 0 radical (unpaired) electrons. The fourth-order valence-corrected chi connectivity index (χ4v) is 1.76. The molecule has 1 fully saturated rings. The van der Waals surface area contributed by atoms with Crippen LogP contribution in [0.4, 0.5) is 5.69 Å². The minimum Gasteiger partial charge on any atom is -0.495 e. The zero-order chi connectivity index (χ0) is 10.1. The Kier molecular flexibility index (Phi) is 2.33. The van der Waals surface area contributed by atoms with Crippen molar-refractivity contribution >= 4 is 5.69 Å².